The molecule has 0 saturated heterocycles. The first kappa shape index (κ1) is 39.0. The van der Waals surface area contributed by atoms with Gasteiger partial charge in [-0.3, -0.25) is 0 Å². The third-order valence-corrected chi connectivity index (χ3v) is 20.5. The quantitative estimate of drug-likeness (QED) is 0.0696. The summed E-state index contributed by atoms with van der Waals surface area (Å²) in [4.78, 5) is 24.6. The number of hydrogen-bond acceptors (Lipinski definition) is 4. The van der Waals surface area contributed by atoms with Gasteiger partial charge in [0.2, 0.25) is 0 Å². The number of rotatable bonds is 19. The Bertz CT molecular complexity index is 1440. The Morgan fingerprint density at radius 1 is 0.479 bits per heavy atom. The molecular formula is C42H60N2O2Sn2. The van der Waals surface area contributed by atoms with Crippen LogP contribution >= 0.6 is 0 Å². The van der Waals surface area contributed by atoms with Gasteiger partial charge in [0.1, 0.15) is 0 Å². The molecule has 4 nitrogen and oxygen atoms in total. The minimum absolute atomic E-state index is 0.673. The van der Waals surface area contributed by atoms with Gasteiger partial charge in [-0.25, -0.2) is 0 Å². The summed E-state index contributed by atoms with van der Waals surface area (Å²) in [7, 11) is 0. The van der Waals surface area contributed by atoms with Crippen LogP contribution in [0.4, 0.5) is 0 Å². The molecule has 2 aromatic heterocycles. The average molecular weight is 862 g/mol. The third-order valence-electron chi connectivity index (χ3n) is 9.00. The molecule has 4 aromatic rings. The zero-order valence-electron chi connectivity index (χ0n) is 31.1. The molecule has 0 amide bonds. The Labute approximate surface area is 300 Å². The maximum atomic E-state index is 6.10. The van der Waals surface area contributed by atoms with Crippen LogP contribution in [0.15, 0.2) is 73.1 Å². The summed E-state index contributed by atoms with van der Waals surface area (Å²) < 4.78 is 15.2. The Hall–Kier alpha value is -1.74. The summed E-state index contributed by atoms with van der Waals surface area (Å²) in [6, 6.07) is 22.8. The summed E-state index contributed by atoms with van der Waals surface area (Å²) in [5, 5.41) is 0. The van der Waals surface area contributed by atoms with Crippen LogP contribution in [0.1, 0.15) is 76.3 Å². The fourth-order valence-corrected chi connectivity index (χ4v) is 12.7. The molecule has 0 unspecified atom stereocenters. The molecular weight excluding hydrogens is 802 g/mol. The van der Waals surface area contributed by atoms with Crippen molar-refractivity contribution in [3.63, 3.8) is 0 Å². The van der Waals surface area contributed by atoms with E-state index < -0.39 is 36.8 Å². The number of ether oxygens (including phenoxy) is 2. The van der Waals surface area contributed by atoms with E-state index in [4.69, 9.17) is 19.4 Å². The molecule has 0 bridgehead atoms. The van der Waals surface area contributed by atoms with Crippen LogP contribution in [-0.4, -0.2) is 59.9 Å². The van der Waals surface area contributed by atoms with Gasteiger partial charge < -0.3 is 0 Å². The van der Waals surface area contributed by atoms with Gasteiger partial charge in [-0.2, -0.15) is 0 Å². The van der Waals surface area contributed by atoms with E-state index in [2.05, 4.69) is 104 Å². The Balaban J connectivity index is 1.49. The van der Waals surface area contributed by atoms with E-state index >= 15 is 0 Å². The molecule has 6 heteroatoms. The van der Waals surface area contributed by atoms with Crippen molar-refractivity contribution in [1.82, 2.24) is 9.97 Å². The van der Waals surface area contributed by atoms with Crippen molar-refractivity contribution in [1.29, 1.82) is 0 Å². The molecule has 0 spiro atoms. The van der Waals surface area contributed by atoms with Gasteiger partial charge in [0.05, 0.1) is 0 Å². The van der Waals surface area contributed by atoms with Crippen LogP contribution in [0.25, 0.3) is 33.6 Å². The predicted octanol–water partition coefficient (Wildman–Crippen LogP) is 10.8. The standard InChI is InChI=1S/C36H42N2O2.6CH3.2Sn/c1-3-5-7-9-21-39-27-29-13-11-15-31(23-29)33-17-19-35(37-25-33)36-20-18-34(26-38-36)32-16-12-14-30(24-32)28-40-22-10-8-6-4-2;;;;;;;;/h13-20,23-26H,3-10,21-22,27-28H2,1-2H3;6*1H3;;. The zero-order valence-corrected chi connectivity index (χ0v) is 36.8. The number of hydrogen-bond donors (Lipinski definition) is 0. The van der Waals surface area contributed by atoms with Crippen LogP contribution in [0.5, 0.6) is 0 Å². The van der Waals surface area contributed by atoms with Gasteiger partial charge in [-0.15, -0.1) is 0 Å². The van der Waals surface area contributed by atoms with Crippen LogP contribution in [0, 0.1) is 0 Å². The van der Waals surface area contributed by atoms with Gasteiger partial charge >= 0.3 is 302 Å². The first-order valence-electron chi connectivity index (χ1n) is 18.4. The molecule has 2 heterocycles. The van der Waals surface area contributed by atoms with Crippen molar-refractivity contribution in [3.8, 4) is 33.6 Å². The first-order valence-corrected chi connectivity index (χ1v) is 38.3. The summed E-state index contributed by atoms with van der Waals surface area (Å²) in [6.45, 7) is 7.51. The van der Waals surface area contributed by atoms with E-state index in [9.17, 15) is 0 Å². The number of benzene rings is 2. The van der Waals surface area contributed by atoms with Crippen LogP contribution in [0.3, 0.4) is 0 Å². The van der Waals surface area contributed by atoms with Crippen LogP contribution in [0.2, 0.25) is 29.6 Å². The molecule has 2 aromatic carbocycles. The van der Waals surface area contributed by atoms with Gasteiger partial charge in [-0.1, -0.05) is 0 Å². The summed E-state index contributed by atoms with van der Waals surface area (Å²) in [5.74, 6) is 0. The Kier molecular flexibility index (Phi) is 15.5. The first-order chi connectivity index (χ1) is 23.0. The second-order valence-corrected chi connectivity index (χ2v) is 44.4. The van der Waals surface area contributed by atoms with Crippen molar-refractivity contribution in [2.24, 2.45) is 0 Å². The fraction of sp³-hybridized carbons (Fsp3) is 0.476. The van der Waals surface area contributed by atoms with Crippen LogP contribution < -0.4 is 7.16 Å². The Morgan fingerprint density at radius 2 is 0.896 bits per heavy atom. The molecule has 0 aliphatic carbocycles. The molecule has 0 saturated carbocycles. The van der Waals surface area contributed by atoms with Crippen molar-refractivity contribution >= 4 is 43.9 Å². The summed E-state index contributed by atoms with van der Waals surface area (Å²) >= 11 is -4.62. The van der Waals surface area contributed by atoms with E-state index in [1.54, 1.807) is 0 Å². The van der Waals surface area contributed by atoms with Gasteiger partial charge in [-0.05, 0) is 0 Å². The fourth-order valence-electron chi connectivity index (χ4n) is 5.82. The summed E-state index contributed by atoms with van der Waals surface area (Å²) in [5.41, 5.74) is 9.07. The van der Waals surface area contributed by atoms with Crippen LogP contribution in [-0.2, 0) is 22.7 Å². The molecule has 0 fully saturated rings. The summed E-state index contributed by atoms with van der Waals surface area (Å²) in [6.07, 6.45) is 13.9. The minimum atomic E-state index is -2.31. The van der Waals surface area contributed by atoms with E-state index in [0.29, 0.717) is 13.2 Å². The maximum absolute atomic E-state index is 6.10. The topological polar surface area (TPSA) is 44.2 Å². The SMILES string of the molecule is CCCCCCOCc1cc(-c2ccc(-c3ccc(-c4cc(COCCCCCC)c[c]([Sn]([CH3])([CH3])[CH3])c4)cn3)nc2)c[c]([Sn]([CH3])([CH3])[CH3])c1. The molecule has 0 aliphatic heterocycles. The third kappa shape index (κ3) is 12.2. The predicted molar refractivity (Wildman–Crippen MR) is 212 cm³/mol. The Morgan fingerprint density at radius 3 is 1.23 bits per heavy atom. The zero-order chi connectivity index (χ0) is 34.6. The molecule has 48 heavy (non-hydrogen) atoms. The average Bonchev–Trinajstić information content (AvgIpc) is 3.07. The molecule has 0 atom stereocenters. The number of aromatic nitrogens is 2. The number of pyridine rings is 2. The van der Waals surface area contributed by atoms with Crippen molar-refractivity contribution in [2.45, 2.75) is 108 Å². The van der Waals surface area contributed by atoms with E-state index in [-0.39, 0.29) is 0 Å². The van der Waals surface area contributed by atoms with E-state index in [1.807, 2.05) is 12.4 Å². The second kappa shape index (κ2) is 19.0. The van der Waals surface area contributed by atoms with Gasteiger partial charge in [0.15, 0.2) is 0 Å². The normalized spacial score (nSPS) is 12.1. The number of unbranched alkanes of at least 4 members (excludes halogenated alkanes) is 6. The van der Waals surface area contributed by atoms with Crippen molar-refractivity contribution in [3.05, 3.63) is 84.2 Å². The van der Waals surface area contributed by atoms with Gasteiger partial charge in [0, 0.05) is 0 Å². The second-order valence-electron chi connectivity index (χ2n) is 15.4. The number of nitrogens with zero attached hydrogens (tertiary/aromatic N) is 2. The van der Waals surface area contributed by atoms with Crippen molar-refractivity contribution in [2.75, 3.05) is 13.2 Å². The molecule has 258 valence electrons. The molecule has 0 aliphatic rings. The molecule has 4 rings (SSSR count). The van der Waals surface area contributed by atoms with E-state index in [0.717, 1.165) is 48.6 Å². The monoisotopic (exact) mass is 864 g/mol. The van der Waals surface area contributed by atoms with Gasteiger partial charge in [0.25, 0.3) is 0 Å². The molecule has 0 N–H and O–H groups in total. The molecule has 0 radical (unpaired) electrons. The van der Waals surface area contributed by atoms with Crippen molar-refractivity contribution < 1.29 is 9.47 Å². The van der Waals surface area contributed by atoms with E-state index in [1.165, 1.54) is 67.9 Å².